The molecule has 1 atom stereocenters. The minimum atomic E-state index is -2.89. The van der Waals surface area contributed by atoms with Crippen molar-refractivity contribution >= 4 is 5.97 Å². The zero-order valence-electron chi connectivity index (χ0n) is 9.94. The molecule has 1 rings (SSSR count). The topological polar surface area (TPSA) is 61.5 Å². The molecule has 1 aromatic rings. The second-order valence-electron chi connectivity index (χ2n) is 3.57. The van der Waals surface area contributed by atoms with Crippen LogP contribution in [-0.2, 0) is 9.53 Å². The van der Waals surface area contributed by atoms with Crippen LogP contribution in [0.1, 0.15) is 24.9 Å². The van der Waals surface area contributed by atoms with Gasteiger partial charge in [0.05, 0.1) is 13.0 Å². The van der Waals surface area contributed by atoms with Crippen LogP contribution < -0.4 is 10.5 Å². The molecule has 0 unspecified atom stereocenters. The Hall–Kier alpha value is -1.69. The minimum Gasteiger partial charge on any atom is -0.466 e. The Bertz CT molecular complexity index is 399. The average molecular weight is 259 g/mol. The third-order valence-electron chi connectivity index (χ3n) is 2.20. The summed E-state index contributed by atoms with van der Waals surface area (Å²) < 4.78 is 33.1. The van der Waals surface area contributed by atoms with Crippen LogP contribution >= 0.6 is 0 Å². The summed E-state index contributed by atoms with van der Waals surface area (Å²) in [6, 6.07) is 5.36. The summed E-state index contributed by atoms with van der Waals surface area (Å²) in [7, 11) is 0. The third-order valence-corrected chi connectivity index (χ3v) is 2.20. The lowest BCUT2D eigenvalue weighted by Crippen LogP contribution is -2.17. The van der Waals surface area contributed by atoms with Crippen molar-refractivity contribution < 1.29 is 23.0 Å². The molecule has 2 N–H and O–H groups in total. The van der Waals surface area contributed by atoms with Crippen molar-refractivity contribution in [3.8, 4) is 5.75 Å². The highest BCUT2D eigenvalue weighted by atomic mass is 19.3. The predicted octanol–water partition coefficient (Wildman–Crippen LogP) is 2.24. The summed E-state index contributed by atoms with van der Waals surface area (Å²) in [6.07, 6.45) is -0.00796. The number of benzene rings is 1. The molecule has 0 aliphatic carbocycles. The van der Waals surface area contributed by atoms with Crippen molar-refractivity contribution in [3.63, 3.8) is 0 Å². The van der Waals surface area contributed by atoms with Crippen LogP contribution in [0.4, 0.5) is 8.78 Å². The molecule has 1 aromatic carbocycles. The van der Waals surface area contributed by atoms with Crippen molar-refractivity contribution in [1.82, 2.24) is 0 Å². The first-order valence-corrected chi connectivity index (χ1v) is 5.49. The highest BCUT2D eigenvalue weighted by molar-refractivity contribution is 5.70. The Balaban J connectivity index is 2.67. The molecular formula is C12H15F2NO3. The van der Waals surface area contributed by atoms with E-state index >= 15 is 0 Å². The fourth-order valence-corrected chi connectivity index (χ4v) is 1.44. The molecule has 18 heavy (non-hydrogen) atoms. The number of hydrogen-bond donors (Lipinski definition) is 1. The van der Waals surface area contributed by atoms with Gasteiger partial charge >= 0.3 is 12.6 Å². The SMILES string of the molecule is CCOC(=O)C[C@H](N)c1cccc(OC(F)F)c1. The van der Waals surface area contributed by atoms with Gasteiger partial charge in [-0.15, -0.1) is 0 Å². The summed E-state index contributed by atoms with van der Waals surface area (Å²) >= 11 is 0. The van der Waals surface area contributed by atoms with Crippen LogP contribution in [0.25, 0.3) is 0 Å². The average Bonchev–Trinajstić information content (AvgIpc) is 2.28. The van der Waals surface area contributed by atoms with E-state index in [1.54, 1.807) is 13.0 Å². The normalized spacial score (nSPS) is 12.3. The van der Waals surface area contributed by atoms with Crippen molar-refractivity contribution in [2.45, 2.75) is 26.0 Å². The van der Waals surface area contributed by atoms with E-state index in [-0.39, 0.29) is 18.8 Å². The molecule has 0 spiro atoms. The van der Waals surface area contributed by atoms with Crippen molar-refractivity contribution in [3.05, 3.63) is 29.8 Å². The van der Waals surface area contributed by atoms with Gasteiger partial charge in [0.2, 0.25) is 0 Å². The first-order chi connectivity index (χ1) is 8.52. The molecule has 0 aliphatic rings. The molecular weight excluding hydrogens is 244 g/mol. The lowest BCUT2D eigenvalue weighted by atomic mass is 10.0. The summed E-state index contributed by atoms with van der Waals surface area (Å²) in [5.41, 5.74) is 6.32. The Kier molecular flexibility index (Phi) is 5.51. The van der Waals surface area contributed by atoms with Gasteiger partial charge in [0, 0.05) is 6.04 Å². The van der Waals surface area contributed by atoms with E-state index in [1.807, 2.05) is 0 Å². The van der Waals surface area contributed by atoms with Gasteiger partial charge in [-0.05, 0) is 24.6 Å². The van der Waals surface area contributed by atoms with Crippen LogP contribution in [0.5, 0.6) is 5.75 Å². The molecule has 0 aliphatic heterocycles. The molecule has 0 bridgehead atoms. The van der Waals surface area contributed by atoms with Gasteiger partial charge < -0.3 is 15.2 Å². The van der Waals surface area contributed by atoms with Gasteiger partial charge in [0.1, 0.15) is 5.75 Å². The van der Waals surface area contributed by atoms with E-state index < -0.39 is 18.6 Å². The molecule has 100 valence electrons. The molecule has 0 amide bonds. The van der Waals surface area contributed by atoms with Gasteiger partial charge in [-0.2, -0.15) is 8.78 Å². The third kappa shape index (κ3) is 4.67. The molecule has 6 heteroatoms. The van der Waals surface area contributed by atoms with Gasteiger partial charge in [-0.25, -0.2) is 0 Å². The van der Waals surface area contributed by atoms with Gasteiger partial charge in [0.25, 0.3) is 0 Å². The van der Waals surface area contributed by atoms with E-state index in [0.717, 1.165) is 0 Å². The highest BCUT2D eigenvalue weighted by Crippen LogP contribution is 2.21. The summed E-state index contributed by atoms with van der Waals surface area (Å²) in [6.45, 7) is -0.915. The standard InChI is InChI=1S/C12H15F2NO3/c1-2-17-11(16)7-10(15)8-4-3-5-9(6-8)18-12(13)14/h3-6,10,12H,2,7,15H2,1H3/t10-/m0/s1. The van der Waals surface area contributed by atoms with E-state index in [0.29, 0.717) is 5.56 Å². The summed E-state index contributed by atoms with van der Waals surface area (Å²) in [5, 5.41) is 0. The smallest absolute Gasteiger partial charge is 0.387 e. The largest absolute Gasteiger partial charge is 0.466 e. The van der Waals surface area contributed by atoms with E-state index in [2.05, 4.69) is 4.74 Å². The Labute approximate surface area is 104 Å². The number of esters is 1. The van der Waals surface area contributed by atoms with Gasteiger partial charge in [-0.3, -0.25) is 4.79 Å². The molecule has 4 nitrogen and oxygen atoms in total. The number of alkyl halides is 2. The van der Waals surface area contributed by atoms with Crippen molar-refractivity contribution in [1.29, 1.82) is 0 Å². The second-order valence-corrected chi connectivity index (χ2v) is 3.57. The predicted molar refractivity (Wildman–Crippen MR) is 61.3 cm³/mol. The Morgan fingerprint density at radius 1 is 1.44 bits per heavy atom. The van der Waals surface area contributed by atoms with Crippen LogP contribution in [-0.4, -0.2) is 19.2 Å². The minimum absolute atomic E-state index is 0.00796. The van der Waals surface area contributed by atoms with E-state index in [4.69, 9.17) is 10.5 Å². The number of carbonyl (C=O) groups is 1. The van der Waals surface area contributed by atoms with E-state index in [1.165, 1.54) is 18.2 Å². The monoisotopic (exact) mass is 259 g/mol. The number of halogens is 2. The van der Waals surface area contributed by atoms with Crippen LogP contribution in [0.3, 0.4) is 0 Å². The van der Waals surface area contributed by atoms with Gasteiger partial charge in [0.15, 0.2) is 0 Å². The fourth-order valence-electron chi connectivity index (χ4n) is 1.44. The van der Waals surface area contributed by atoms with Crippen LogP contribution in [0, 0.1) is 0 Å². The number of nitrogens with two attached hydrogens (primary N) is 1. The molecule has 0 fully saturated rings. The van der Waals surface area contributed by atoms with Crippen LogP contribution in [0.2, 0.25) is 0 Å². The highest BCUT2D eigenvalue weighted by Gasteiger charge is 2.13. The van der Waals surface area contributed by atoms with Crippen molar-refractivity contribution in [2.75, 3.05) is 6.61 Å². The second kappa shape index (κ2) is 6.90. The molecule has 0 heterocycles. The number of carbonyl (C=O) groups excluding carboxylic acids is 1. The number of ether oxygens (including phenoxy) is 2. The fraction of sp³-hybridized carbons (Fsp3) is 0.417. The number of rotatable bonds is 6. The number of hydrogen-bond acceptors (Lipinski definition) is 4. The lowest BCUT2D eigenvalue weighted by Gasteiger charge is -2.12. The maximum absolute atomic E-state index is 12.0. The molecule has 0 aromatic heterocycles. The summed E-state index contributed by atoms with van der Waals surface area (Å²) in [4.78, 5) is 11.2. The van der Waals surface area contributed by atoms with Crippen molar-refractivity contribution in [2.24, 2.45) is 5.73 Å². The van der Waals surface area contributed by atoms with E-state index in [9.17, 15) is 13.6 Å². The lowest BCUT2D eigenvalue weighted by molar-refractivity contribution is -0.143. The van der Waals surface area contributed by atoms with Crippen LogP contribution in [0.15, 0.2) is 24.3 Å². The molecule has 0 saturated heterocycles. The van der Waals surface area contributed by atoms with Gasteiger partial charge in [-0.1, -0.05) is 12.1 Å². The summed E-state index contributed by atoms with van der Waals surface area (Å²) in [5.74, 6) is -0.410. The zero-order valence-corrected chi connectivity index (χ0v) is 9.94. The maximum atomic E-state index is 12.0. The Morgan fingerprint density at radius 2 is 2.17 bits per heavy atom. The maximum Gasteiger partial charge on any atom is 0.387 e. The molecule has 0 radical (unpaired) electrons. The Morgan fingerprint density at radius 3 is 2.78 bits per heavy atom. The first-order valence-electron chi connectivity index (χ1n) is 5.49. The quantitative estimate of drug-likeness (QED) is 0.796. The molecule has 0 saturated carbocycles. The first kappa shape index (κ1) is 14.4. The zero-order chi connectivity index (χ0) is 13.5.